The second-order valence-corrected chi connectivity index (χ2v) is 8.27. The van der Waals surface area contributed by atoms with Crippen LogP contribution in [0.25, 0.3) is 11.4 Å². The molecule has 2 fully saturated rings. The number of amides is 1. The molecule has 1 aromatic carbocycles. The van der Waals surface area contributed by atoms with Gasteiger partial charge in [-0.3, -0.25) is 4.79 Å². The van der Waals surface area contributed by atoms with E-state index in [-0.39, 0.29) is 5.91 Å². The number of carbonyl (C=O) groups is 1. The largest absolute Gasteiger partial charge is 0.416 e. The monoisotopic (exact) mass is 420 g/mol. The molecule has 2 aromatic rings. The zero-order valence-electron chi connectivity index (χ0n) is 17.4. The lowest BCUT2D eigenvalue weighted by atomic mass is 10.0. The summed E-state index contributed by atoms with van der Waals surface area (Å²) in [6.07, 6.45) is 0.0121. The lowest BCUT2D eigenvalue weighted by Crippen LogP contribution is -2.46. The number of benzene rings is 1. The smallest absolute Gasteiger partial charge is 0.337 e. The fourth-order valence-corrected chi connectivity index (χ4v) is 4.72. The molecule has 2 aliphatic rings. The molecule has 1 aromatic heterocycles. The Morgan fingerprint density at radius 1 is 1.10 bits per heavy atom. The number of aromatic nitrogens is 2. The number of rotatable bonds is 3. The topological polar surface area (TPSA) is 41.4 Å². The summed E-state index contributed by atoms with van der Waals surface area (Å²) in [5.74, 6) is 0.273. The van der Waals surface area contributed by atoms with E-state index in [4.69, 9.17) is 0 Å². The molecule has 0 atom stereocenters. The van der Waals surface area contributed by atoms with Crippen LogP contribution in [-0.2, 0) is 13.2 Å². The predicted molar refractivity (Wildman–Crippen MR) is 108 cm³/mol. The van der Waals surface area contributed by atoms with Crippen LogP contribution in [0.3, 0.4) is 0 Å². The quantitative estimate of drug-likeness (QED) is 0.750. The zero-order chi connectivity index (χ0) is 21.5. The van der Waals surface area contributed by atoms with Crippen molar-refractivity contribution in [1.29, 1.82) is 0 Å². The Morgan fingerprint density at radius 3 is 2.40 bits per heavy atom. The third-order valence-corrected chi connectivity index (χ3v) is 6.33. The van der Waals surface area contributed by atoms with E-state index >= 15 is 0 Å². The van der Waals surface area contributed by atoms with E-state index < -0.39 is 11.7 Å². The molecule has 0 saturated carbocycles. The molecule has 3 heterocycles. The molecular weight excluding hydrogens is 393 g/mol. The lowest BCUT2D eigenvalue weighted by Gasteiger charge is -2.36. The van der Waals surface area contributed by atoms with Crippen LogP contribution < -0.4 is 0 Å². The van der Waals surface area contributed by atoms with E-state index in [2.05, 4.69) is 9.88 Å². The maximum absolute atomic E-state index is 13.2. The van der Waals surface area contributed by atoms with Crippen molar-refractivity contribution in [3.05, 3.63) is 41.2 Å². The van der Waals surface area contributed by atoms with Gasteiger partial charge in [-0.05, 0) is 57.8 Å². The van der Waals surface area contributed by atoms with Crippen LogP contribution in [-0.4, -0.2) is 57.5 Å². The van der Waals surface area contributed by atoms with Gasteiger partial charge in [0.05, 0.1) is 11.3 Å². The Hall–Kier alpha value is -2.35. The number of hydrogen-bond donors (Lipinski definition) is 0. The number of piperidine rings is 1. The Balaban J connectivity index is 1.53. The first kappa shape index (κ1) is 20.9. The number of alkyl halides is 3. The normalized spacial score (nSPS) is 18.9. The zero-order valence-corrected chi connectivity index (χ0v) is 17.4. The van der Waals surface area contributed by atoms with Gasteiger partial charge in [-0.25, -0.2) is 4.98 Å². The molecule has 2 saturated heterocycles. The van der Waals surface area contributed by atoms with E-state index in [9.17, 15) is 18.0 Å². The second-order valence-electron chi connectivity index (χ2n) is 8.27. The molecule has 0 aliphatic carbocycles. The average Bonchev–Trinajstić information content (AvgIpc) is 3.35. The molecule has 0 N–H and O–H groups in total. The number of likely N-dealkylation sites (tertiary alicyclic amines) is 2. The molecule has 1 amide bonds. The summed E-state index contributed by atoms with van der Waals surface area (Å²) < 4.78 is 40.9. The van der Waals surface area contributed by atoms with Crippen molar-refractivity contribution < 1.29 is 18.0 Å². The van der Waals surface area contributed by atoms with Gasteiger partial charge in [-0.2, -0.15) is 13.2 Å². The van der Waals surface area contributed by atoms with Crippen molar-refractivity contribution in [3.63, 3.8) is 0 Å². The summed E-state index contributed by atoms with van der Waals surface area (Å²) in [5, 5.41) is 0. The third-order valence-electron chi connectivity index (χ3n) is 6.33. The van der Waals surface area contributed by atoms with Gasteiger partial charge < -0.3 is 14.4 Å². The van der Waals surface area contributed by atoms with Crippen molar-refractivity contribution >= 4 is 5.91 Å². The molecule has 5 nitrogen and oxygen atoms in total. The Morgan fingerprint density at radius 2 is 1.77 bits per heavy atom. The summed E-state index contributed by atoms with van der Waals surface area (Å²) in [4.78, 5) is 22.0. The number of hydrogen-bond acceptors (Lipinski definition) is 3. The number of halogens is 3. The molecule has 30 heavy (non-hydrogen) atoms. The van der Waals surface area contributed by atoms with Crippen LogP contribution in [0.2, 0.25) is 0 Å². The van der Waals surface area contributed by atoms with Gasteiger partial charge in [-0.15, -0.1) is 0 Å². The average molecular weight is 420 g/mol. The van der Waals surface area contributed by atoms with E-state index in [0.717, 1.165) is 38.1 Å². The first-order valence-corrected chi connectivity index (χ1v) is 10.5. The molecule has 4 rings (SSSR count). The van der Waals surface area contributed by atoms with Gasteiger partial charge in [0.1, 0.15) is 11.5 Å². The molecule has 0 radical (unpaired) electrons. The standard InChI is InChI=1S/C22H27F3N4O/c1-15-19(21(30)29-12-8-18(9-13-29)28-10-3-4-11-28)27(2)20(26-15)16-6-5-7-17(14-16)22(23,24)25/h5-7,14,18H,3-4,8-13H2,1-2H3. The SMILES string of the molecule is Cc1nc(-c2cccc(C(F)(F)F)c2)n(C)c1C(=O)N1CCC(N2CCCC2)CC1. The van der Waals surface area contributed by atoms with Crippen LogP contribution in [0.5, 0.6) is 0 Å². The van der Waals surface area contributed by atoms with Gasteiger partial charge in [0.2, 0.25) is 0 Å². The molecule has 0 spiro atoms. The molecule has 0 unspecified atom stereocenters. The summed E-state index contributed by atoms with van der Waals surface area (Å²) in [5.41, 5.74) is 0.610. The summed E-state index contributed by atoms with van der Waals surface area (Å²) in [6.45, 7) is 5.44. The molecular formula is C22H27F3N4O. The van der Waals surface area contributed by atoms with Crippen molar-refractivity contribution in [2.24, 2.45) is 7.05 Å². The summed E-state index contributed by atoms with van der Waals surface area (Å²) >= 11 is 0. The Bertz CT molecular complexity index is 923. The van der Waals surface area contributed by atoms with Gasteiger partial charge >= 0.3 is 6.18 Å². The van der Waals surface area contributed by atoms with E-state index in [1.807, 2.05) is 4.90 Å². The second kappa shape index (κ2) is 8.06. The van der Waals surface area contributed by atoms with Crippen molar-refractivity contribution in [3.8, 4) is 11.4 Å². The van der Waals surface area contributed by atoms with Crippen LogP contribution in [0, 0.1) is 6.92 Å². The number of imidazole rings is 1. The fourth-order valence-electron chi connectivity index (χ4n) is 4.72. The van der Waals surface area contributed by atoms with Gasteiger partial charge in [0.15, 0.2) is 0 Å². The molecule has 2 aliphatic heterocycles. The highest BCUT2D eigenvalue weighted by atomic mass is 19.4. The number of aryl methyl sites for hydroxylation is 1. The van der Waals surface area contributed by atoms with Crippen molar-refractivity contribution in [1.82, 2.24) is 19.4 Å². The van der Waals surface area contributed by atoms with E-state index in [1.165, 1.54) is 18.9 Å². The first-order chi connectivity index (χ1) is 14.3. The highest BCUT2D eigenvalue weighted by Gasteiger charge is 2.33. The van der Waals surface area contributed by atoms with Crippen molar-refractivity contribution in [2.45, 2.75) is 44.8 Å². The van der Waals surface area contributed by atoms with Crippen molar-refractivity contribution in [2.75, 3.05) is 26.2 Å². The van der Waals surface area contributed by atoms with Crippen LogP contribution in [0.15, 0.2) is 24.3 Å². The fraction of sp³-hybridized carbons (Fsp3) is 0.545. The highest BCUT2D eigenvalue weighted by molar-refractivity contribution is 5.94. The van der Waals surface area contributed by atoms with E-state index in [1.54, 1.807) is 24.6 Å². The summed E-state index contributed by atoms with van der Waals surface area (Å²) in [6, 6.07) is 5.62. The Labute approximate surface area is 174 Å². The Kier molecular flexibility index (Phi) is 5.61. The maximum Gasteiger partial charge on any atom is 0.416 e. The highest BCUT2D eigenvalue weighted by Crippen LogP contribution is 2.32. The van der Waals surface area contributed by atoms with Crippen LogP contribution in [0.4, 0.5) is 13.2 Å². The molecule has 0 bridgehead atoms. The minimum Gasteiger partial charge on any atom is -0.337 e. The molecule has 8 heteroatoms. The first-order valence-electron chi connectivity index (χ1n) is 10.5. The number of nitrogens with zero attached hydrogens (tertiary/aromatic N) is 4. The lowest BCUT2D eigenvalue weighted by molar-refractivity contribution is -0.137. The minimum atomic E-state index is -4.42. The molecule has 162 valence electrons. The number of carbonyl (C=O) groups excluding carboxylic acids is 1. The predicted octanol–water partition coefficient (Wildman–Crippen LogP) is 4.11. The van der Waals surface area contributed by atoms with Gasteiger partial charge in [0, 0.05) is 31.7 Å². The van der Waals surface area contributed by atoms with Gasteiger partial charge in [0.25, 0.3) is 5.91 Å². The van der Waals surface area contributed by atoms with Crippen LogP contribution >= 0.6 is 0 Å². The maximum atomic E-state index is 13.2. The third kappa shape index (κ3) is 3.97. The minimum absolute atomic E-state index is 0.0967. The van der Waals surface area contributed by atoms with Gasteiger partial charge in [-0.1, -0.05) is 12.1 Å². The van der Waals surface area contributed by atoms with Crippen LogP contribution in [0.1, 0.15) is 47.4 Å². The summed E-state index contributed by atoms with van der Waals surface area (Å²) in [7, 11) is 1.69. The van der Waals surface area contributed by atoms with E-state index in [0.29, 0.717) is 41.9 Å².